The first-order valence-corrected chi connectivity index (χ1v) is 8.88. The molecule has 8 nitrogen and oxygen atoms in total. The maximum Gasteiger partial charge on any atom is 0.228 e. The number of amides is 3. The fourth-order valence-corrected chi connectivity index (χ4v) is 3.55. The maximum absolute atomic E-state index is 12.7. The Bertz CT molecular complexity index is 758. The Kier molecular flexibility index (Phi) is 5.25. The van der Waals surface area contributed by atoms with Crippen LogP contribution in [0.4, 0.5) is 5.69 Å². The molecule has 0 radical (unpaired) electrons. The molecule has 3 amide bonds. The molecule has 1 atom stereocenters. The zero-order valence-electron chi connectivity index (χ0n) is 16.1. The van der Waals surface area contributed by atoms with E-state index in [2.05, 4.69) is 0 Å². The fourth-order valence-electron chi connectivity index (χ4n) is 3.55. The first-order chi connectivity index (χ1) is 12.8. The van der Waals surface area contributed by atoms with E-state index in [1.807, 2.05) is 0 Å². The monoisotopic (exact) mass is 375 g/mol. The van der Waals surface area contributed by atoms with Crippen LogP contribution in [0.15, 0.2) is 18.2 Å². The van der Waals surface area contributed by atoms with Crippen LogP contribution in [-0.4, -0.2) is 75.5 Å². The largest absolute Gasteiger partial charge is 0.493 e. The van der Waals surface area contributed by atoms with Gasteiger partial charge >= 0.3 is 0 Å². The molecule has 0 aliphatic carbocycles. The molecular formula is C19H25N3O5. The Morgan fingerprint density at radius 3 is 2.30 bits per heavy atom. The SMILES string of the molecule is COc1ccc(N2CC(C(=O)N3CC(C(=O)N(C)C)C3)CC2=O)cc1OC. The number of nitrogens with zero attached hydrogens (tertiary/aromatic N) is 3. The van der Waals surface area contributed by atoms with E-state index < -0.39 is 0 Å². The van der Waals surface area contributed by atoms with E-state index in [1.165, 1.54) is 7.11 Å². The van der Waals surface area contributed by atoms with Gasteiger partial charge in [-0.1, -0.05) is 0 Å². The van der Waals surface area contributed by atoms with Crippen LogP contribution in [0, 0.1) is 11.8 Å². The molecule has 1 aromatic rings. The quantitative estimate of drug-likeness (QED) is 0.753. The highest BCUT2D eigenvalue weighted by molar-refractivity contribution is 6.01. The highest BCUT2D eigenvalue weighted by Gasteiger charge is 2.43. The minimum Gasteiger partial charge on any atom is -0.493 e. The Morgan fingerprint density at radius 2 is 1.70 bits per heavy atom. The highest BCUT2D eigenvalue weighted by Crippen LogP contribution is 2.35. The van der Waals surface area contributed by atoms with Gasteiger partial charge in [-0.3, -0.25) is 14.4 Å². The number of anilines is 1. The molecule has 27 heavy (non-hydrogen) atoms. The topological polar surface area (TPSA) is 79.4 Å². The van der Waals surface area contributed by atoms with Gasteiger partial charge < -0.3 is 24.2 Å². The molecule has 2 aliphatic rings. The van der Waals surface area contributed by atoms with Crippen LogP contribution in [-0.2, 0) is 14.4 Å². The van der Waals surface area contributed by atoms with Crippen molar-refractivity contribution in [3.63, 3.8) is 0 Å². The minimum atomic E-state index is -0.388. The molecule has 1 unspecified atom stereocenters. The van der Waals surface area contributed by atoms with Gasteiger partial charge in [-0.2, -0.15) is 0 Å². The van der Waals surface area contributed by atoms with Crippen molar-refractivity contribution in [2.24, 2.45) is 11.8 Å². The third-order valence-corrected chi connectivity index (χ3v) is 5.14. The van der Waals surface area contributed by atoms with Crippen molar-refractivity contribution in [3.8, 4) is 11.5 Å². The summed E-state index contributed by atoms with van der Waals surface area (Å²) in [4.78, 5) is 41.9. The van der Waals surface area contributed by atoms with Crippen LogP contribution in [0.1, 0.15) is 6.42 Å². The van der Waals surface area contributed by atoms with Crippen LogP contribution in [0.3, 0.4) is 0 Å². The summed E-state index contributed by atoms with van der Waals surface area (Å²) in [5.41, 5.74) is 0.678. The Balaban J connectivity index is 1.64. The average molecular weight is 375 g/mol. The van der Waals surface area contributed by atoms with E-state index >= 15 is 0 Å². The van der Waals surface area contributed by atoms with Crippen molar-refractivity contribution < 1.29 is 23.9 Å². The Labute approximate surface area is 158 Å². The van der Waals surface area contributed by atoms with Crippen LogP contribution in [0.25, 0.3) is 0 Å². The molecule has 0 N–H and O–H groups in total. The summed E-state index contributed by atoms with van der Waals surface area (Å²) in [6.45, 7) is 1.18. The minimum absolute atomic E-state index is 0.0357. The second-order valence-electron chi connectivity index (χ2n) is 7.12. The molecule has 146 valence electrons. The van der Waals surface area contributed by atoms with Crippen molar-refractivity contribution >= 4 is 23.4 Å². The molecule has 2 heterocycles. The van der Waals surface area contributed by atoms with Crippen LogP contribution >= 0.6 is 0 Å². The smallest absolute Gasteiger partial charge is 0.228 e. The highest BCUT2D eigenvalue weighted by atomic mass is 16.5. The molecule has 3 rings (SSSR count). The zero-order chi connectivity index (χ0) is 19.7. The Morgan fingerprint density at radius 1 is 1.04 bits per heavy atom. The normalized spacial score (nSPS) is 19.7. The van der Waals surface area contributed by atoms with Gasteiger partial charge in [0, 0.05) is 51.9 Å². The molecule has 2 aliphatic heterocycles. The van der Waals surface area contributed by atoms with Crippen molar-refractivity contribution in [1.82, 2.24) is 9.80 Å². The van der Waals surface area contributed by atoms with Gasteiger partial charge in [-0.15, -0.1) is 0 Å². The Hall–Kier alpha value is -2.77. The van der Waals surface area contributed by atoms with Gasteiger partial charge in [0.05, 0.1) is 26.1 Å². The number of carbonyl (C=O) groups is 3. The van der Waals surface area contributed by atoms with Crippen molar-refractivity contribution in [2.75, 3.05) is 52.8 Å². The van der Waals surface area contributed by atoms with E-state index in [0.29, 0.717) is 36.8 Å². The summed E-state index contributed by atoms with van der Waals surface area (Å²) in [6, 6.07) is 5.25. The lowest BCUT2D eigenvalue weighted by molar-refractivity contribution is -0.149. The van der Waals surface area contributed by atoms with Gasteiger partial charge in [-0.05, 0) is 12.1 Å². The second kappa shape index (κ2) is 7.46. The number of hydrogen-bond donors (Lipinski definition) is 0. The third-order valence-electron chi connectivity index (χ3n) is 5.14. The van der Waals surface area contributed by atoms with Crippen molar-refractivity contribution in [1.29, 1.82) is 0 Å². The molecule has 0 bridgehead atoms. The third kappa shape index (κ3) is 3.56. The standard InChI is InChI=1S/C19H25N3O5/c1-20(2)18(24)13-9-21(10-13)19(25)12-7-17(23)22(11-12)14-5-6-15(26-3)16(8-14)27-4/h5-6,8,12-13H,7,9-11H2,1-4H3. The van der Waals surface area contributed by atoms with Crippen LogP contribution < -0.4 is 14.4 Å². The molecular weight excluding hydrogens is 350 g/mol. The molecule has 1 aromatic carbocycles. The van der Waals surface area contributed by atoms with Crippen molar-refractivity contribution in [3.05, 3.63) is 18.2 Å². The van der Waals surface area contributed by atoms with Gasteiger partial charge in [0.25, 0.3) is 0 Å². The summed E-state index contributed by atoms with van der Waals surface area (Å²) in [5, 5.41) is 0. The van der Waals surface area contributed by atoms with Gasteiger partial charge in [-0.25, -0.2) is 0 Å². The molecule has 0 spiro atoms. The van der Waals surface area contributed by atoms with Crippen LogP contribution in [0.5, 0.6) is 11.5 Å². The van der Waals surface area contributed by atoms with Crippen molar-refractivity contribution in [2.45, 2.75) is 6.42 Å². The van der Waals surface area contributed by atoms with Crippen LogP contribution in [0.2, 0.25) is 0 Å². The number of ether oxygens (including phenoxy) is 2. The lowest BCUT2D eigenvalue weighted by Crippen LogP contribution is -2.57. The summed E-state index contributed by atoms with van der Waals surface area (Å²) in [7, 11) is 6.51. The number of methoxy groups -OCH3 is 2. The van der Waals surface area contributed by atoms with E-state index in [9.17, 15) is 14.4 Å². The maximum atomic E-state index is 12.7. The number of benzene rings is 1. The fraction of sp³-hybridized carbons (Fsp3) is 0.526. The number of likely N-dealkylation sites (tertiary alicyclic amines) is 1. The van der Waals surface area contributed by atoms with Gasteiger partial charge in [0.1, 0.15) is 0 Å². The predicted octanol–water partition coefficient (Wildman–Crippen LogP) is 0.603. The number of carbonyl (C=O) groups excluding carboxylic acids is 3. The zero-order valence-corrected chi connectivity index (χ0v) is 16.1. The van der Waals surface area contributed by atoms with E-state index in [-0.39, 0.29) is 36.0 Å². The summed E-state index contributed by atoms with van der Waals surface area (Å²) >= 11 is 0. The molecule has 8 heteroatoms. The van der Waals surface area contributed by atoms with E-state index in [1.54, 1.807) is 54.1 Å². The first kappa shape index (κ1) is 19.0. The lowest BCUT2D eigenvalue weighted by Gasteiger charge is -2.40. The summed E-state index contributed by atoms with van der Waals surface area (Å²) in [6.07, 6.45) is 0.177. The number of hydrogen-bond acceptors (Lipinski definition) is 5. The molecule has 2 fully saturated rings. The summed E-state index contributed by atoms with van der Waals surface area (Å²) < 4.78 is 10.5. The molecule has 0 aromatic heterocycles. The van der Waals surface area contributed by atoms with E-state index in [4.69, 9.17) is 9.47 Å². The number of rotatable bonds is 5. The van der Waals surface area contributed by atoms with Gasteiger partial charge in [0.2, 0.25) is 17.7 Å². The first-order valence-electron chi connectivity index (χ1n) is 8.88. The predicted molar refractivity (Wildman–Crippen MR) is 98.8 cm³/mol. The van der Waals surface area contributed by atoms with Gasteiger partial charge in [0.15, 0.2) is 11.5 Å². The lowest BCUT2D eigenvalue weighted by atomic mass is 9.95. The average Bonchev–Trinajstić information content (AvgIpc) is 3.01. The molecule has 0 saturated carbocycles. The van der Waals surface area contributed by atoms with E-state index in [0.717, 1.165) is 0 Å². The second-order valence-corrected chi connectivity index (χ2v) is 7.12. The molecule has 2 saturated heterocycles. The summed E-state index contributed by atoms with van der Waals surface area (Å²) in [5.74, 6) is 0.469.